The maximum Gasteiger partial charge on any atom is 0.254 e. The van der Waals surface area contributed by atoms with Crippen LogP contribution >= 0.6 is 0 Å². The molecule has 3 rings (SSSR count). The Kier molecular flexibility index (Phi) is 4.86. The van der Waals surface area contributed by atoms with Gasteiger partial charge >= 0.3 is 0 Å². The van der Waals surface area contributed by atoms with Crippen LogP contribution in [0.1, 0.15) is 35.0 Å². The van der Waals surface area contributed by atoms with Crippen molar-refractivity contribution in [2.45, 2.75) is 26.2 Å². The summed E-state index contributed by atoms with van der Waals surface area (Å²) in [5.41, 5.74) is 4.06. The number of hydrogen-bond donors (Lipinski definition) is 1. The van der Waals surface area contributed by atoms with Gasteiger partial charge in [-0.3, -0.25) is 4.79 Å². The molecule has 0 fully saturated rings. The van der Waals surface area contributed by atoms with E-state index in [-0.39, 0.29) is 5.91 Å². The van der Waals surface area contributed by atoms with Crippen LogP contribution in [0.2, 0.25) is 0 Å². The summed E-state index contributed by atoms with van der Waals surface area (Å²) in [5, 5.41) is 2.99. The number of rotatable bonds is 5. The van der Waals surface area contributed by atoms with Crippen LogP contribution in [0.25, 0.3) is 0 Å². The van der Waals surface area contributed by atoms with Gasteiger partial charge in [-0.25, -0.2) is 9.97 Å². The van der Waals surface area contributed by atoms with Crippen LogP contribution in [-0.4, -0.2) is 35.5 Å². The van der Waals surface area contributed by atoms with E-state index in [1.165, 1.54) is 17.6 Å². The minimum Gasteiger partial charge on any atom is -0.370 e. The lowest BCUT2D eigenvalue weighted by molar-refractivity contribution is 0.0953. The molecule has 0 saturated heterocycles. The van der Waals surface area contributed by atoms with Crippen LogP contribution in [0.4, 0.5) is 5.69 Å². The fourth-order valence-corrected chi connectivity index (χ4v) is 3.07. The van der Waals surface area contributed by atoms with Crippen LogP contribution in [0.5, 0.6) is 0 Å². The lowest BCUT2D eigenvalue weighted by atomic mass is 10.0. The molecule has 1 amide bonds. The number of nitrogens with zero attached hydrogens (tertiary/aromatic N) is 3. The van der Waals surface area contributed by atoms with Crippen molar-refractivity contribution in [2.75, 3.05) is 24.5 Å². The first kappa shape index (κ1) is 15.5. The Morgan fingerprint density at radius 3 is 3.09 bits per heavy atom. The molecule has 0 unspecified atom stereocenters. The van der Waals surface area contributed by atoms with Gasteiger partial charge in [-0.05, 0) is 30.9 Å². The molecule has 1 aliphatic rings. The number of fused-ring (bicyclic) bond motifs is 1. The number of para-hydroxylation sites is 1. The van der Waals surface area contributed by atoms with E-state index in [2.05, 4.69) is 44.5 Å². The monoisotopic (exact) mass is 310 g/mol. The minimum absolute atomic E-state index is 0.0901. The number of amides is 1. The topological polar surface area (TPSA) is 58.1 Å². The molecule has 2 aromatic rings. The van der Waals surface area contributed by atoms with Gasteiger partial charge in [-0.15, -0.1) is 0 Å². The summed E-state index contributed by atoms with van der Waals surface area (Å²) in [6, 6.07) is 8.52. The van der Waals surface area contributed by atoms with E-state index in [4.69, 9.17) is 0 Å². The molecular formula is C18H22N4O. The number of hydrogen-bond acceptors (Lipinski definition) is 4. The number of carbonyl (C=O) groups is 1. The number of carbonyl (C=O) groups excluding carboxylic acids is 1. The van der Waals surface area contributed by atoms with Crippen molar-refractivity contribution in [3.63, 3.8) is 0 Å². The zero-order valence-corrected chi connectivity index (χ0v) is 13.5. The minimum atomic E-state index is -0.0901. The summed E-state index contributed by atoms with van der Waals surface area (Å²) in [6.45, 7) is 4.47. The highest BCUT2D eigenvalue weighted by atomic mass is 16.1. The van der Waals surface area contributed by atoms with Gasteiger partial charge in [-0.1, -0.05) is 25.1 Å². The van der Waals surface area contributed by atoms with Gasteiger partial charge in [0.25, 0.3) is 5.91 Å². The van der Waals surface area contributed by atoms with Crippen molar-refractivity contribution < 1.29 is 4.79 Å². The molecule has 0 bridgehead atoms. The first-order chi connectivity index (χ1) is 11.3. The van der Waals surface area contributed by atoms with Gasteiger partial charge in [0.05, 0.1) is 11.3 Å². The maximum atomic E-state index is 12.3. The third-order valence-electron chi connectivity index (χ3n) is 4.25. The van der Waals surface area contributed by atoms with E-state index >= 15 is 0 Å². The fourth-order valence-electron chi connectivity index (χ4n) is 3.07. The zero-order valence-electron chi connectivity index (χ0n) is 13.5. The fraction of sp³-hybridized carbons (Fsp3) is 0.389. The van der Waals surface area contributed by atoms with Crippen molar-refractivity contribution >= 4 is 11.6 Å². The van der Waals surface area contributed by atoms with E-state index in [1.54, 1.807) is 6.20 Å². The number of aromatic nitrogens is 2. The Balaban J connectivity index is 1.59. The molecule has 2 heterocycles. The van der Waals surface area contributed by atoms with Crippen molar-refractivity contribution in [3.8, 4) is 0 Å². The number of nitrogens with one attached hydrogen (secondary N) is 1. The summed E-state index contributed by atoms with van der Waals surface area (Å²) in [4.78, 5) is 22.8. The predicted molar refractivity (Wildman–Crippen MR) is 90.7 cm³/mol. The Labute approximate surface area is 136 Å². The van der Waals surface area contributed by atoms with Crippen molar-refractivity contribution in [3.05, 3.63) is 53.6 Å². The average Bonchev–Trinajstić information content (AvgIpc) is 2.61. The second-order valence-electron chi connectivity index (χ2n) is 5.71. The van der Waals surface area contributed by atoms with Gasteiger partial charge in [0.15, 0.2) is 0 Å². The summed E-state index contributed by atoms with van der Waals surface area (Å²) in [6.07, 6.45) is 6.11. The lowest BCUT2D eigenvalue weighted by Gasteiger charge is -2.31. The Bertz CT molecular complexity index is 686. The van der Waals surface area contributed by atoms with Crippen LogP contribution in [-0.2, 0) is 12.8 Å². The van der Waals surface area contributed by atoms with Gasteiger partial charge < -0.3 is 10.2 Å². The Morgan fingerprint density at radius 1 is 1.35 bits per heavy atom. The summed E-state index contributed by atoms with van der Waals surface area (Å²) < 4.78 is 0. The maximum absolute atomic E-state index is 12.3. The molecule has 1 N–H and O–H groups in total. The first-order valence-corrected chi connectivity index (χ1v) is 8.19. The van der Waals surface area contributed by atoms with Crippen LogP contribution < -0.4 is 10.2 Å². The molecule has 0 radical (unpaired) electrons. The molecule has 1 aliphatic heterocycles. The lowest BCUT2D eigenvalue weighted by Crippen LogP contribution is -2.37. The van der Waals surface area contributed by atoms with Gasteiger partial charge in [-0.2, -0.15) is 0 Å². The predicted octanol–water partition coefficient (Wildman–Crippen LogP) is 2.22. The molecule has 0 saturated carbocycles. The van der Waals surface area contributed by atoms with Gasteiger partial charge in [0, 0.05) is 31.5 Å². The first-order valence-electron chi connectivity index (χ1n) is 8.19. The molecule has 0 aliphatic carbocycles. The third-order valence-corrected chi connectivity index (χ3v) is 4.25. The molecule has 1 aromatic heterocycles. The van der Waals surface area contributed by atoms with Crippen molar-refractivity contribution in [1.82, 2.24) is 15.3 Å². The molecule has 23 heavy (non-hydrogen) atoms. The summed E-state index contributed by atoms with van der Waals surface area (Å²) in [5.74, 6) is -0.0901. The van der Waals surface area contributed by atoms with Gasteiger partial charge in [0.1, 0.15) is 6.33 Å². The van der Waals surface area contributed by atoms with E-state index < -0.39 is 0 Å². The smallest absolute Gasteiger partial charge is 0.254 e. The average molecular weight is 310 g/mol. The normalized spacial score (nSPS) is 13.5. The molecule has 1 aromatic carbocycles. The van der Waals surface area contributed by atoms with Crippen LogP contribution in [0, 0.1) is 0 Å². The van der Waals surface area contributed by atoms with E-state index in [0.717, 1.165) is 38.0 Å². The van der Waals surface area contributed by atoms with E-state index in [9.17, 15) is 4.79 Å². The van der Waals surface area contributed by atoms with E-state index in [1.807, 2.05) is 6.92 Å². The second kappa shape index (κ2) is 7.22. The van der Waals surface area contributed by atoms with Gasteiger partial charge in [0.2, 0.25) is 0 Å². The molecule has 0 spiro atoms. The highest BCUT2D eigenvalue weighted by Crippen LogP contribution is 2.25. The molecule has 5 nitrogen and oxygen atoms in total. The number of benzene rings is 1. The van der Waals surface area contributed by atoms with Crippen LogP contribution in [0.15, 0.2) is 36.8 Å². The highest BCUT2D eigenvalue weighted by Gasteiger charge is 2.16. The standard InChI is InChI=1S/C18H22N4O/c1-2-16-15(12-19-13-21-16)18(23)20-9-11-22-10-5-7-14-6-3-4-8-17(14)22/h3-4,6,8,12-13H,2,5,7,9-11H2,1H3,(H,20,23). The highest BCUT2D eigenvalue weighted by molar-refractivity contribution is 5.94. The summed E-state index contributed by atoms with van der Waals surface area (Å²) >= 11 is 0. The quantitative estimate of drug-likeness (QED) is 0.920. The molecule has 5 heteroatoms. The third kappa shape index (κ3) is 3.50. The Hall–Kier alpha value is -2.43. The second-order valence-corrected chi connectivity index (χ2v) is 5.71. The van der Waals surface area contributed by atoms with Crippen LogP contribution in [0.3, 0.4) is 0 Å². The molecule has 0 atom stereocenters. The number of anilines is 1. The zero-order chi connectivity index (χ0) is 16.1. The molecule has 120 valence electrons. The SMILES string of the molecule is CCc1ncncc1C(=O)NCCN1CCCc2ccccc21. The van der Waals surface area contributed by atoms with Crippen molar-refractivity contribution in [1.29, 1.82) is 0 Å². The molecular weight excluding hydrogens is 288 g/mol. The number of aryl methyl sites for hydroxylation is 2. The van der Waals surface area contributed by atoms with E-state index in [0.29, 0.717) is 12.1 Å². The largest absolute Gasteiger partial charge is 0.370 e. The van der Waals surface area contributed by atoms with Crippen molar-refractivity contribution in [2.24, 2.45) is 0 Å². The Morgan fingerprint density at radius 2 is 2.22 bits per heavy atom. The summed E-state index contributed by atoms with van der Waals surface area (Å²) in [7, 11) is 0.